The highest BCUT2D eigenvalue weighted by atomic mass is 32.2. The molecule has 1 fully saturated rings. The summed E-state index contributed by atoms with van der Waals surface area (Å²) in [6.45, 7) is -0.812. The van der Waals surface area contributed by atoms with Gasteiger partial charge in [0.2, 0.25) is 0 Å². The molecule has 1 saturated carbocycles. The van der Waals surface area contributed by atoms with E-state index >= 15 is 0 Å². The van der Waals surface area contributed by atoms with Crippen molar-refractivity contribution >= 4 is 27.4 Å². The van der Waals surface area contributed by atoms with Gasteiger partial charge in [-0.05, 0) is 49.2 Å². The molecular formula is C22H20F3N5O3S. The van der Waals surface area contributed by atoms with Crippen LogP contribution in [0.3, 0.4) is 0 Å². The van der Waals surface area contributed by atoms with Gasteiger partial charge < -0.3 is 16.4 Å². The van der Waals surface area contributed by atoms with Crippen LogP contribution in [0.1, 0.15) is 18.5 Å². The van der Waals surface area contributed by atoms with Crippen LogP contribution in [0.2, 0.25) is 0 Å². The van der Waals surface area contributed by atoms with E-state index in [0.29, 0.717) is 11.3 Å². The number of anilines is 2. The van der Waals surface area contributed by atoms with E-state index in [1.54, 1.807) is 24.3 Å². The van der Waals surface area contributed by atoms with Gasteiger partial charge in [-0.25, -0.2) is 36.4 Å². The third-order valence-electron chi connectivity index (χ3n) is 5.40. The maximum absolute atomic E-state index is 14.3. The Morgan fingerprint density at radius 1 is 1.06 bits per heavy atom. The number of nitrogens with two attached hydrogens (primary N) is 1. The van der Waals surface area contributed by atoms with E-state index in [-0.39, 0.29) is 36.7 Å². The quantitative estimate of drug-likeness (QED) is 0.464. The van der Waals surface area contributed by atoms with Gasteiger partial charge in [-0.1, -0.05) is 6.07 Å². The number of benzene rings is 2. The molecule has 1 heterocycles. The third-order valence-corrected chi connectivity index (χ3v) is 7.97. The number of nitrogens with zero attached hydrogens (tertiary/aromatic N) is 2. The van der Waals surface area contributed by atoms with Gasteiger partial charge in [-0.2, -0.15) is 0 Å². The largest absolute Gasteiger partial charge is 0.384 e. The van der Waals surface area contributed by atoms with Crippen molar-refractivity contribution in [2.45, 2.75) is 22.5 Å². The van der Waals surface area contributed by atoms with Crippen molar-refractivity contribution in [2.75, 3.05) is 24.3 Å². The first kappa shape index (κ1) is 23.5. The van der Waals surface area contributed by atoms with Gasteiger partial charge in [-0.3, -0.25) is 0 Å². The molecule has 4 rings (SSSR count). The molecule has 12 heteroatoms. The van der Waals surface area contributed by atoms with Gasteiger partial charge in [0, 0.05) is 23.9 Å². The van der Waals surface area contributed by atoms with Crippen molar-refractivity contribution in [1.29, 1.82) is 0 Å². The Bertz CT molecular complexity index is 1330. The fourth-order valence-electron chi connectivity index (χ4n) is 3.58. The van der Waals surface area contributed by atoms with E-state index in [1.807, 2.05) is 0 Å². The van der Waals surface area contributed by atoms with E-state index in [2.05, 4.69) is 20.6 Å². The topological polar surface area (TPSA) is 127 Å². The van der Waals surface area contributed by atoms with Crippen molar-refractivity contribution in [3.8, 4) is 11.4 Å². The fraction of sp³-hybridized carbons (Fsp3) is 0.227. The first-order chi connectivity index (χ1) is 16.2. The molecule has 3 aromatic rings. The van der Waals surface area contributed by atoms with Crippen LogP contribution >= 0.6 is 0 Å². The van der Waals surface area contributed by atoms with Crippen LogP contribution in [0.4, 0.5) is 29.5 Å². The Kier molecular flexibility index (Phi) is 6.17. The molecule has 2 amide bonds. The van der Waals surface area contributed by atoms with E-state index in [9.17, 15) is 26.4 Å². The molecule has 4 N–H and O–H groups in total. The van der Waals surface area contributed by atoms with Crippen molar-refractivity contribution in [3.63, 3.8) is 0 Å². The zero-order chi connectivity index (χ0) is 24.5. The van der Waals surface area contributed by atoms with Gasteiger partial charge in [0.25, 0.3) is 0 Å². The molecule has 0 spiro atoms. The highest BCUT2D eigenvalue weighted by Crippen LogP contribution is 2.55. The van der Waals surface area contributed by atoms with E-state index in [4.69, 9.17) is 5.73 Å². The lowest BCUT2D eigenvalue weighted by molar-refractivity contribution is 0.251. The van der Waals surface area contributed by atoms with Gasteiger partial charge >= 0.3 is 6.03 Å². The number of aromatic nitrogens is 2. The fourth-order valence-corrected chi connectivity index (χ4v) is 5.64. The molecule has 34 heavy (non-hydrogen) atoms. The minimum Gasteiger partial charge on any atom is -0.384 e. The average Bonchev–Trinajstić information content (AvgIpc) is 3.60. The van der Waals surface area contributed by atoms with E-state index in [0.717, 1.165) is 18.2 Å². The number of carbonyl (C=O) groups is 1. The summed E-state index contributed by atoms with van der Waals surface area (Å²) in [5.74, 6) is -2.25. The lowest BCUT2D eigenvalue weighted by Gasteiger charge is -2.18. The maximum Gasteiger partial charge on any atom is 0.319 e. The molecule has 0 unspecified atom stereocenters. The molecule has 2 aromatic carbocycles. The minimum atomic E-state index is -4.46. The first-order valence-corrected chi connectivity index (χ1v) is 11.7. The first-order valence-electron chi connectivity index (χ1n) is 10.2. The van der Waals surface area contributed by atoms with Crippen molar-refractivity contribution < 1.29 is 26.4 Å². The smallest absolute Gasteiger partial charge is 0.319 e. The predicted molar refractivity (Wildman–Crippen MR) is 119 cm³/mol. The Hall–Kier alpha value is -3.67. The van der Waals surface area contributed by atoms with Gasteiger partial charge in [0.15, 0.2) is 15.7 Å². The maximum atomic E-state index is 14.3. The van der Waals surface area contributed by atoms with Gasteiger partial charge in [-0.15, -0.1) is 0 Å². The summed E-state index contributed by atoms with van der Waals surface area (Å²) < 4.78 is 65.7. The van der Waals surface area contributed by atoms with Crippen molar-refractivity contribution in [1.82, 2.24) is 15.3 Å². The highest BCUT2D eigenvalue weighted by Gasteiger charge is 2.59. The predicted octanol–water partition coefficient (Wildman–Crippen LogP) is 3.56. The number of urea groups is 1. The van der Waals surface area contributed by atoms with E-state index in [1.165, 1.54) is 6.07 Å². The van der Waals surface area contributed by atoms with E-state index < -0.39 is 43.8 Å². The lowest BCUT2D eigenvalue weighted by Crippen LogP contribution is -2.30. The van der Waals surface area contributed by atoms with Crippen molar-refractivity contribution in [2.24, 2.45) is 0 Å². The summed E-state index contributed by atoms with van der Waals surface area (Å²) in [4.78, 5) is 19.2. The Morgan fingerprint density at radius 2 is 1.71 bits per heavy atom. The molecule has 0 atom stereocenters. The summed E-state index contributed by atoms with van der Waals surface area (Å²) in [6.07, 6.45) is 0.242. The van der Waals surface area contributed by atoms with Crippen LogP contribution in [0.25, 0.3) is 11.4 Å². The number of nitrogens with one attached hydrogen (secondary N) is 2. The lowest BCUT2D eigenvalue weighted by atomic mass is 10.1. The molecule has 178 valence electrons. The summed E-state index contributed by atoms with van der Waals surface area (Å²) in [5.41, 5.74) is 6.85. The Labute approximate surface area is 193 Å². The molecule has 0 aliphatic heterocycles. The molecule has 1 aliphatic carbocycles. The highest BCUT2D eigenvalue weighted by molar-refractivity contribution is 7.92. The summed E-state index contributed by atoms with van der Waals surface area (Å²) in [7, 11) is -4.46. The summed E-state index contributed by atoms with van der Waals surface area (Å²) in [5, 5.41) is 4.85. The number of alkyl halides is 1. The normalized spacial score (nSPS) is 14.4. The molecule has 8 nitrogen and oxygen atoms in total. The number of hydrogen-bond donors (Lipinski definition) is 3. The van der Waals surface area contributed by atoms with Crippen LogP contribution in [0.5, 0.6) is 0 Å². The molecular weight excluding hydrogens is 471 g/mol. The number of rotatable bonds is 7. The number of amides is 2. The van der Waals surface area contributed by atoms with Gasteiger partial charge in [0.05, 0.1) is 5.69 Å². The number of halogens is 3. The van der Waals surface area contributed by atoms with Crippen LogP contribution in [0.15, 0.2) is 53.4 Å². The second kappa shape index (κ2) is 8.93. The monoisotopic (exact) mass is 491 g/mol. The van der Waals surface area contributed by atoms with Crippen LogP contribution in [-0.4, -0.2) is 37.6 Å². The second-order valence-corrected chi connectivity index (χ2v) is 9.89. The third kappa shape index (κ3) is 4.28. The molecule has 1 aromatic heterocycles. The molecule has 0 bridgehead atoms. The minimum absolute atomic E-state index is 0.0108. The zero-order valence-corrected chi connectivity index (χ0v) is 18.5. The summed E-state index contributed by atoms with van der Waals surface area (Å²) in [6, 6.07) is 9.84. The molecule has 1 aliphatic rings. The Balaban J connectivity index is 1.66. The molecule has 0 saturated heterocycles. The molecule has 0 radical (unpaired) electrons. The second-order valence-electron chi connectivity index (χ2n) is 7.70. The van der Waals surface area contributed by atoms with Crippen LogP contribution in [0, 0.1) is 11.6 Å². The number of nitrogen functional groups attached to an aromatic ring is 1. The van der Waals surface area contributed by atoms with Gasteiger partial charge in [0.1, 0.15) is 33.8 Å². The van der Waals surface area contributed by atoms with Crippen LogP contribution < -0.4 is 16.4 Å². The van der Waals surface area contributed by atoms with Crippen LogP contribution in [-0.2, 0) is 14.6 Å². The zero-order valence-electron chi connectivity index (χ0n) is 17.7. The number of hydrogen-bond acceptors (Lipinski definition) is 6. The number of sulfone groups is 1. The average molecular weight is 491 g/mol. The van der Waals surface area contributed by atoms with Crippen molar-refractivity contribution in [3.05, 3.63) is 65.9 Å². The number of carbonyl (C=O) groups excluding carboxylic acids is 1. The Morgan fingerprint density at radius 3 is 2.29 bits per heavy atom. The summed E-state index contributed by atoms with van der Waals surface area (Å²) >= 11 is 0. The SMILES string of the molecule is Nc1cc(C2(S(=O)(=O)c3c(F)cccc3F)CC2)nc(-c2ccc(NC(=O)NCCF)cc2)n1. The standard InChI is InChI=1S/C22H20F3N5O3S/c23-10-11-27-21(31)28-14-6-4-13(5-7-14)20-29-17(12-18(26)30-20)22(8-9-22)34(32,33)19-15(24)2-1-3-16(19)25/h1-7,12H,8-11H2,(H2,26,29,30)(H2,27,28,31).